The van der Waals surface area contributed by atoms with Crippen LogP contribution in [0.1, 0.15) is 37.7 Å². The molecule has 2 heterocycles. The lowest BCUT2D eigenvalue weighted by molar-refractivity contribution is -0.139. The number of hydrogen-bond acceptors (Lipinski definition) is 6. The Labute approximate surface area is 214 Å². The van der Waals surface area contributed by atoms with Crippen molar-refractivity contribution >= 4 is 46.7 Å². The molecule has 5 rings (SSSR count). The molecule has 3 atom stereocenters. The van der Waals surface area contributed by atoms with Crippen LogP contribution in [0.2, 0.25) is 5.02 Å². The number of carbonyl (C=O) groups is 4. The number of esters is 1. The van der Waals surface area contributed by atoms with Gasteiger partial charge in [0.2, 0.25) is 17.7 Å². The Hall–Kier alpha value is -3.39. The van der Waals surface area contributed by atoms with Crippen molar-refractivity contribution in [3.63, 3.8) is 0 Å². The van der Waals surface area contributed by atoms with Crippen molar-refractivity contribution in [3.8, 4) is 11.5 Å². The fourth-order valence-electron chi connectivity index (χ4n) is 5.51. The molecule has 2 saturated heterocycles. The number of hydrogen-bond donors (Lipinski definition) is 0. The number of benzene rings is 2. The van der Waals surface area contributed by atoms with E-state index in [4.69, 9.17) is 21.1 Å². The monoisotopic (exact) mass is 510 g/mol. The Bertz CT molecular complexity index is 1240. The average Bonchev–Trinajstić information content (AvgIpc) is 3.37. The fraction of sp³-hybridized carbons (Fsp3) is 0.407. The lowest BCUT2D eigenvalue weighted by Crippen LogP contribution is -2.31. The first kappa shape index (κ1) is 24.3. The largest absolute Gasteiger partial charge is 0.495 e. The Morgan fingerprint density at radius 1 is 0.972 bits per heavy atom. The summed E-state index contributed by atoms with van der Waals surface area (Å²) >= 11 is 6.10. The standard InChI is InChI=1S/C27H27ClN2O6/c1-15-11-18(8-9-21(15)30-25(32)19-5-3-4-6-20(19)26(30)33)36-27(34)16-12-24(31)29(14-16)22-13-17(28)7-10-23(22)35-2/h7-11,13,16,19-20H,3-6,12,14H2,1-2H3/t16-,19-,20+/m0/s1. The maximum absolute atomic E-state index is 13.0. The summed E-state index contributed by atoms with van der Waals surface area (Å²) in [6, 6.07) is 9.84. The van der Waals surface area contributed by atoms with Gasteiger partial charge in [-0.3, -0.25) is 19.2 Å². The number of amides is 3. The second-order valence-corrected chi connectivity index (χ2v) is 10.0. The third-order valence-electron chi connectivity index (χ3n) is 7.36. The summed E-state index contributed by atoms with van der Waals surface area (Å²) in [4.78, 5) is 54.3. The molecule has 36 heavy (non-hydrogen) atoms. The highest BCUT2D eigenvalue weighted by Crippen LogP contribution is 2.41. The van der Waals surface area contributed by atoms with E-state index in [2.05, 4.69) is 0 Å². The highest BCUT2D eigenvalue weighted by molar-refractivity contribution is 6.31. The van der Waals surface area contributed by atoms with Crippen molar-refractivity contribution in [3.05, 3.63) is 47.0 Å². The zero-order valence-corrected chi connectivity index (χ0v) is 20.9. The summed E-state index contributed by atoms with van der Waals surface area (Å²) in [6.45, 7) is 1.92. The van der Waals surface area contributed by atoms with Gasteiger partial charge >= 0.3 is 5.97 Å². The van der Waals surface area contributed by atoms with E-state index < -0.39 is 11.9 Å². The topological polar surface area (TPSA) is 93.2 Å². The van der Waals surface area contributed by atoms with E-state index in [1.165, 1.54) is 16.9 Å². The normalized spacial score (nSPS) is 23.8. The Kier molecular flexibility index (Phi) is 6.47. The summed E-state index contributed by atoms with van der Waals surface area (Å²) in [6.07, 6.45) is 3.43. The quantitative estimate of drug-likeness (QED) is 0.338. The number of fused-ring (bicyclic) bond motifs is 1. The van der Waals surface area contributed by atoms with E-state index in [9.17, 15) is 19.2 Å². The minimum Gasteiger partial charge on any atom is -0.495 e. The predicted octanol–water partition coefficient (Wildman–Crippen LogP) is 4.30. The van der Waals surface area contributed by atoms with Crippen molar-refractivity contribution in [2.75, 3.05) is 23.5 Å². The molecule has 8 nitrogen and oxygen atoms in total. The van der Waals surface area contributed by atoms with Gasteiger partial charge in [0.05, 0.1) is 36.2 Å². The molecule has 0 aromatic heterocycles. The fourth-order valence-corrected chi connectivity index (χ4v) is 5.68. The van der Waals surface area contributed by atoms with Crippen LogP contribution in [0.5, 0.6) is 11.5 Å². The molecule has 1 saturated carbocycles. The van der Waals surface area contributed by atoms with Crippen LogP contribution in [0.4, 0.5) is 11.4 Å². The van der Waals surface area contributed by atoms with Crippen molar-refractivity contribution in [1.29, 1.82) is 0 Å². The minimum atomic E-state index is -0.661. The van der Waals surface area contributed by atoms with E-state index in [-0.39, 0.29) is 42.5 Å². The lowest BCUT2D eigenvalue weighted by Gasteiger charge is -2.20. The van der Waals surface area contributed by atoms with Gasteiger partial charge in [0.15, 0.2) is 0 Å². The molecule has 3 fully saturated rings. The Balaban J connectivity index is 1.29. The Morgan fingerprint density at radius 3 is 2.31 bits per heavy atom. The van der Waals surface area contributed by atoms with E-state index >= 15 is 0 Å². The molecule has 2 aliphatic heterocycles. The SMILES string of the molecule is COc1ccc(Cl)cc1N1C[C@@H](C(=O)Oc2ccc(N3C(=O)[C@H]4CCCC[C@H]4C3=O)c(C)c2)CC1=O. The summed E-state index contributed by atoms with van der Waals surface area (Å²) in [5, 5.41) is 0.453. The summed E-state index contributed by atoms with van der Waals surface area (Å²) in [5.74, 6) is -1.38. The number of methoxy groups -OCH3 is 1. The number of aryl methyl sites for hydroxylation is 1. The molecule has 188 valence electrons. The van der Waals surface area contributed by atoms with Crippen LogP contribution in [0.3, 0.4) is 0 Å². The van der Waals surface area contributed by atoms with E-state index in [0.29, 0.717) is 33.5 Å². The van der Waals surface area contributed by atoms with Crippen LogP contribution in [0.15, 0.2) is 36.4 Å². The molecule has 9 heteroatoms. The maximum atomic E-state index is 13.0. The molecule has 2 aromatic carbocycles. The molecule has 0 N–H and O–H groups in total. The summed E-state index contributed by atoms with van der Waals surface area (Å²) < 4.78 is 10.9. The third kappa shape index (κ3) is 4.23. The number of imide groups is 1. The number of rotatable bonds is 5. The molecule has 2 aromatic rings. The van der Waals surface area contributed by atoms with Crippen molar-refractivity contribution in [1.82, 2.24) is 0 Å². The van der Waals surface area contributed by atoms with Crippen LogP contribution in [-0.4, -0.2) is 37.3 Å². The predicted molar refractivity (Wildman–Crippen MR) is 133 cm³/mol. The van der Waals surface area contributed by atoms with Crippen LogP contribution >= 0.6 is 11.6 Å². The second kappa shape index (κ2) is 9.58. The number of halogens is 1. The van der Waals surface area contributed by atoms with Gasteiger partial charge in [0.25, 0.3) is 0 Å². The lowest BCUT2D eigenvalue weighted by atomic mass is 9.81. The van der Waals surface area contributed by atoms with Gasteiger partial charge in [-0.05, 0) is 61.7 Å². The van der Waals surface area contributed by atoms with Gasteiger partial charge in [-0.15, -0.1) is 0 Å². The van der Waals surface area contributed by atoms with Gasteiger partial charge in [0, 0.05) is 18.0 Å². The van der Waals surface area contributed by atoms with Crippen molar-refractivity contribution < 1.29 is 28.7 Å². The molecular weight excluding hydrogens is 484 g/mol. The molecule has 3 aliphatic rings. The molecule has 1 aliphatic carbocycles. The average molecular weight is 511 g/mol. The second-order valence-electron chi connectivity index (χ2n) is 9.60. The van der Waals surface area contributed by atoms with Gasteiger partial charge in [-0.2, -0.15) is 0 Å². The molecule has 0 radical (unpaired) electrons. The number of anilines is 2. The zero-order chi connectivity index (χ0) is 25.6. The summed E-state index contributed by atoms with van der Waals surface area (Å²) in [5.41, 5.74) is 1.69. The van der Waals surface area contributed by atoms with Crippen molar-refractivity contribution in [2.24, 2.45) is 17.8 Å². The zero-order valence-electron chi connectivity index (χ0n) is 20.2. The molecule has 0 spiro atoms. The number of ether oxygens (including phenoxy) is 2. The number of nitrogens with zero attached hydrogens (tertiary/aromatic N) is 2. The van der Waals surface area contributed by atoms with E-state index in [1.807, 2.05) is 0 Å². The minimum absolute atomic E-state index is 0.00508. The first-order chi connectivity index (χ1) is 17.3. The van der Waals surface area contributed by atoms with Gasteiger partial charge in [-0.25, -0.2) is 4.90 Å². The maximum Gasteiger partial charge on any atom is 0.316 e. The number of carbonyl (C=O) groups excluding carboxylic acids is 4. The first-order valence-electron chi connectivity index (χ1n) is 12.1. The van der Waals surface area contributed by atoms with Crippen LogP contribution in [0.25, 0.3) is 0 Å². The van der Waals surface area contributed by atoms with Crippen molar-refractivity contribution in [2.45, 2.75) is 39.0 Å². The van der Waals surface area contributed by atoms with Gasteiger partial charge < -0.3 is 14.4 Å². The van der Waals surface area contributed by atoms with E-state index in [0.717, 1.165) is 25.7 Å². The van der Waals surface area contributed by atoms with Crippen LogP contribution in [0, 0.1) is 24.7 Å². The third-order valence-corrected chi connectivity index (χ3v) is 7.59. The Morgan fingerprint density at radius 2 is 1.67 bits per heavy atom. The smallest absolute Gasteiger partial charge is 0.316 e. The van der Waals surface area contributed by atoms with E-state index in [1.54, 1.807) is 43.3 Å². The molecule has 3 amide bonds. The molecular formula is C27H27ClN2O6. The molecule has 0 bridgehead atoms. The van der Waals surface area contributed by atoms with Crippen LogP contribution < -0.4 is 19.3 Å². The first-order valence-corrected chi connectivity index (χ1v) is 12.5. The highest BCUT2D eigenvalue weighted by Gasteiger charge is 2.49. The van der Waals surface area contributed by atoms with Gasteiger partial charge in [-0.1, -0.05) is 24.4 Å². The summed E-state index contributed by atoms with van der Waals surface area (Å²) in [7, 11) is 1.50. The highest BCUT2D eigenvalue weighted by atomic mass is 35.5. The molecule has 0 unspecified atom stereocenters. The van der Waals surface area contributed by atoms with Gasteiger partial charge in [0.1, 0.15) is 11.5 Å². The van der Waals surface area contributed by atoms with Crippen LogP contribution in [-0.2, 0) is 19.2 Å².